The second-order valence-electron chi connectivity index (χ2n) is 4.69. The summed E-state index contributed by atoms with van der Waals surface area (Å²) in [7, 11) is 0. The van der Waals surface area contributed by atoms with E-state index in [9.17, 15) is 9.59 Å². The maximum atomic E-state index is 11.8. The minimum Gasteiger partial charge on any atom is -0.452 e. The molecule has 0 fully saturated rings. The molecule has 0 atom stereocenters. The van der Waals surface area contributed by atoms with Gasteiger partial charge in [0.2, 0.25) is 0 Å². The van der Waals surface area contributed by atoms with Crippen LogP contribution >= 0.6 is 0 Å². The number of carbonyl (C=O) groups is 2. The SMILES string of the molecule is Cc1cccc(C(=O)OCC(=O)Nc2cccc(C#N)c2)c1. The first-order valence-corrected chi connectivity index (χ1v) is 6.62. The Morgan fingerprint density at radius 2 is 1.95 bits per heavy atom. The third-order valence-electron chi connectivity index (χ3n) is 2.86. The fourth-order valence-corrected chi connectivity index (χ4v) is 1.85. The van der Waals surface area contributed by atoms with Crippen LogP contribution in [0.25, 0.3) is 0 Å². The second kappa shape index (κ2) is 7.04. The van der Waals surface area contributed by atoms with Crippen LogP contribution in [0.2, 0.25) is 0 Å². The van der Waals surface area contributed by atoms with E-state index in [0.29, 0.717) is 16.8 Å². The maximum absolute atomic E-state index is 11.8. The lowest BCUT2D eigenvalue weighted by atomic mass is 10.1. The molecule has 0 aliphatic heterocycles. The molecule has 0 saturated heterocycles. The minimum absolute atomic E-state index is 0.385. The highest BCUT2D eigenvalue weighted by Crippen LogP contribution is 2.10. The van der Waals surface area contributed by atoms with Gasteiger partial charge in [0.15, 0.2) is 6.61 Å². The van der Waals surface area contributed by atoms with Crippen LogP contribution in [0, 0.1) is 18.3 Å². The van der Waals surface area contributed by atoms with Gasteiger partial charge in [-0.3, -0.25) is 4.79 Å². The first-order valence-electron chi connectivity index (χ1n) is 6.62. The summed E-state index contributed by atoms with van der Waals surface area (Å²) in [5, 5.41) is 11.4. The Hall–Kier alpha value is -3.13. The molecule has 22 heavy (non-hydrogen) atoms. The minimum atomic E-state index is -0.551. The molecule has 5 nitrogen and oxygen atoms in total. The van der Waals surface area contributed by atoms with E-state index < -0.39 is 11.9 Å². The number of benzene rings is 2. The van der Waals surface area contributed by atoms with Crippen molar-refractivity contribution in [3.05, 3.63) is 65.2 Å². The zero-order valence-corrected chi connectivity index (χ0v) is 12.0. The number of amides is 1. The zero-order valence-electron chi connectivity index (χ0n) is 12.0. The molecule has 0 heterocycles. The van der Waals surface area contributed by atoms with E-state index in [4.69, 9.17) is 10.00 Å². The van der Waals surface area contributed by atoms with Crippen LogP contribution in [0.3, 0.4) is 0 Å². The number of hydrogen-bond donors (Lipinski definition) is 1. The number of ether oxygens (including phenoxy) is 1. The number of carbonyl (C=O) groups excluding carboxylic acids is 2. The Morgan fingerprint density at radius 1 is 1.18 bits per heavy atom. The predicted molar refractivity (Wildman–Crippen MR) is 81.2 cm³/mol. The van der Waals surface area contributed by atoms with Crippen molar-refractivity contribution in [2.75, 3.05) is 11.9 Å². The summed E-state index contributed by atoms with van der Waals surface area (Å²) in [4.78, 5) is 23.6. The summed E-state index contributed by atoms with van der Waals surface area (Å²) in [6.07, 6.45) is 0. The summed E-state index contributed by atoms with van der Waals surface area (Å²) >= 11 is 0. The lowest BCUT2D eigenvalue weighted by Crippen LogP contribution is -2.21. The number of rotatable bonds is 4. The number of nitriles is 1. The lowest BCUT2D eigenvalue weighted by molar-refractivity contribution is -0.119. The normalized spacial score (nSPS) is 9.64. The van der Waals surface area contributed by atoms with Gasteiger partial charge < -0.3 is 10.1 Å². The molecule has 0 unspecified atom stereocenters. The second-order valence-corrected chi connectivity index (χ2v) is 4.69. The van der Waals surface area contributed by atoms with E-state index in [-0.39, 0.29) is 6.61 Å². The number of hydrogen-bond acceptors (Lipinski definition) is 4. The Labute approximate surface area is 128 Å². The van der Waals surface area contributed by atoms with Gasteiger partial charge in [-0.1, -0.05) is 23.8 Å². The smallest absolute Gasteiger partial charge is 0.338 e. The first-order chi connectivity index (χ1) is 10.6. The van der Waals surface area contributed by atoms with Gasteiger partial charge in [-0.15, -0.1) is 0 Å². The fourth-order valence-electron chi connectivity index (χ4n) is 1.85. The molecule has 2 aromatic rings. The van der Waals surface area contributed by atoms with Crippen molar-refractivity contribution < 1.29 is 14.3 Å². The first kappa shape index (κ1) is 15.3. The molecule has 0 aliphatic carbocycles. The molecule has 0 saturated carbocycles. The molecular weight excluding hydrogens is 280 g/mol. The van der Waals surface area contributed by atoms with E-state index in [1.54, 1.807) is 42.5 Å². The molecule has 0 spiro atoms. The van der Waals surface area contributed by atoms with E-state index >= 15 is 0 Å². The van der Waals surface area contributed by atoms with Crippen LogP contribution < -0.4 is 5.32 Å². The average molecular weight is 294 g/mol. The number of nitrogens with zero attached hydrogens (tertiary/aromatic N) is 1. The van der Waals surface area contributed by atoms with Crippen molar-refractivity contribution in [3.63, 3.8) is 0 Å². The van der Waals surface area contributed by atoms with Crippen LogP contribution in [-0.4, -0.2) is 18.5 Å². The summed E-state index contributed by atoms with van der Waals surface area (Å²) in [6.45, 7) is 1.48. The van der Waals surface area contributed by atoms with Crippen LogP contribution in [0.4, 0.5) is 5.69 Å². The Bertz CT molecular complexity index is 748. The summed E-state index contributed by atoms with van der Waals surface area (Å²) in [5.74, 6) is -1.01. The van der Waals surface area contributed by atoms with Gasteiger partial charge >= 0.3 is 5.97 Å². The summed E-state index contributed by atoms with van der Waals surface area (Å²) in [5.41, 5.74) is 2.26. The van der Waals surface area contributed by atoms with Gasteiger partial charge in [-0.25, -0.2) is 4.79 Å². The van der Waals surface area contributed by atoms with Gasteiger partial charge in [-0.2, -0.15) is 5.26 Å². The summed E-state index contributed by atoms with van der Waals surface area (Å²) in [6, 6.07) is 15.4. The molecule has 110 valence electrons. The monoisotopic (exact) mass is 294 g/mol. The van der Waals surface area contributed by atoms with Gasteiger partial charge in [0.05, 0.1) is 17.2 Å². The number of anilines is 1. The molecule has 2 rings (SSSR count). The molecule has 0 aliphatic rings. The highest BCUT2D eigenvalue weighted by Gasteiger charge is 2.10. The van der Waals surface area contributed by atoms with Crippen LogP contribution in [0.15, 0.2) is 48.5 Å². The molecule has 1 amide bonds. The predicted octanol–water partition coefficient (Wildman–Crippen LogP) is 2.66. The van der Waals surface area contributed by atoms with Crippen LogP contribution in [-0.2, 0) is 9.53 Å². The van der Waals surface area contributed by atoms with E-state index in [2.05, 4.69) is 5.32 Å². The number of aryl methyl sites for hydroxylation is 1. The van der Waals surface area contributed by atoms with E-state index in [0.717, 1.165) is 5.56 Å². The van der Waals surface area contributed by atoms with Crippen molar-refractivity contribution in [1.82, 2.24) is 0 Å². The molecule has 2 aromatic carbocycles. The molecule has 0 bridgehead atoms. The van der Waals surface area contributed by atoms with E-state index in [1.165, 1.54) is 0 Å². The van der Waals surface area contributed by atoms with E-state index in [1.807, 2.05) is 19.1 Å². The largest absolute Gasteiger partial charge is 0.452 e. The van der Waals surface area contributed by atoms with Gasteiger partial charge in [0.1, 0.15) is 0 Å². The Balaban J connectivity index is 1.90. The Morgan fingerprint density at radius 3 is 2.68 bits per heavy atom. The molecule has 0 aromatic heterocycles. The summed E-state index contributed by atoms with van der Waals surface area (Å²) < 4.78 is 4.96. The topological polar surface area (TPSA) is 79.2 Å². The number of esters is 1. The maximum Gasteiger partial charge on any atom is 0.338 e. The zero-order chi connectivity index (χ0) is 15.9. The van der Waals surface area contributed by atoms with Crippen LogP contribution in [0.1, 0.15) is 21.5 Å². The van der Waals surface area contributed by atoms with Gasteiger partial charge in [0.25, 0.3) is 5.91 Å². The lowest BCUT2D eigenvalue weighted by Gasteiger charge is -2.07. The van der Waals surface area contributed by atoms with Crippen molar-refractivity contribution in [3.8, 4) is 6.07 Å². The number of nitrogens with one attached hydrogen (secondary N) is 1. The molecule has 0 radical (unpaired) electrons. The Kier molecular flexibility index (Phi) is 4.89. The van der Waals surface area contributed by atoms with Crippen molar-refractivity contribution in [1.29, 1.82) is 5.26 Å². The third kappa shape index (κ3) is 4.18. The highest BCUT2D eigenvalue weighted by molar-refractivity contribution is 5.95. The average Bonchev–Trinajstić information content (AvgIpc) is 2.52. The highest BCUT2D eigenvalue weighted by atomic mass is 16.5. The van der Waals surface area contributed by atoms with Crippen molar-refractivity contribution >= 4 is 17.6 Å². The van der Waals surface area contributed by atoms with Crippen LogP contribution in [0.5, 0.6) is 0 Å². The molecule has 1 N–H and O–H groups in total. The molecule has 5 heteroatoms. The van der Waals surface area contributed by atoms with Crippen molar-refractivity contribution in [2.45, 2.75) is 6.92 Å². The van der Waals surface area contributed by atoms with Gasteiger partial charge in [0, 0.05) is 5.69 Å². The standard InChI is InChI=1S/C17H14N2O3/c1-12-4-2-6-14(8-12)17(21)22-11-16(20)19-15-7-3-5-13(9-15)10-18/h2-9H,11H2,1H3,(H,19,20). The third-order valence-corrected chi connectivity index (χ3v) is 2.86. The van der Waals surface area contributed by atoms with Gasteiger partial charge in [-0.05, 0) is 37.3 Å². The fraction of sp³-hybridized carbons (Fsp3) is 0.118. The molecular formula is C17H14N2O3. The quantitative estimate of drug-likeness (QED) is 0.879. The van der Waals surface area contributed by atoms with Crippen molar-refractivity contribution in [2.24, 2.45) is 0 Å².